The van der Waals surface area contributed by atoms with E-state index in [2.05, 4.69) is 29.2 Å². The maximum atomic E-state index is 4.28. The normalized spacial score (nSPS) is 10.9. The van der Waals surface area contributed by atoms with Gasteiger partial charge >= 0.3 is 0 Å². The maximum absolute atomic E-state index is 4.28. The van der Waals surface area contributed by atoms with Crippen LogP contribution in [0, 0.1) is 0 Å². The molecule has 0 amide bonds. The zero-order valence-electron chi connectivity index (χ0n) is 10.6. The number of aromatic nitrogens is 3. The van der Waals surface area contributed by atoms with Gasteiger partial charge in [-0.05, 0) is 19.4 Å². The number of hydrogen-bond donors (Lipinski definition) is 1. The molecule has 92 valence electrons. The summed E-state index contributed by atoms with van der Waals surface area (Å²) in [5, 5.41) is 7.61. The molecule has 0 saturated heterocycles. The average molecular weight is 224 g/mol. The number of rotatable bonds is 9. The fourth-order valence-corrected chi connectivity index (χ4v) is 1.68. The van der Waals surface area contributed by atoms with Gasteiger partial charge in [-0.3, -0.25) is 0 Å². The molecule has 0 aliphatic rings. The largest absolute Gasteiger partial charge is 0.310 e. The molecule has 0 atom stereocenters. The van der Waals surface area contributed by atoms with Crippen LogP contribution in [0.25, 0.3) is 0 Å². The summed E-state index contributed by atoms with van der Waals surface area (Å²) in [6, 6.07) is 0. The minimum Gasteiger partial charge on any atom is -0.310 e. The van der Waals surface area contributed by atoms with E-state index in [1.54, 1.807) is 6.33 Å². The van der Waals surface area contributed by atoms with E-state index in [1.807, 2.05) is 4.68 Å². The predicted octanol–water partition coefficient (Wildman–Crippen LogP) is 2.36. The standard InChI is InChI=1S/C12H24N4/c1-3-5-6-7-9-16-12(14-11-15-16)10-13-8-4-2/h11,13H,3-10H2,1-2H3. The molecule has 1 aromatic heterocycles. The summed E-state index contributed by atoms with van der Waals surface area (Å²) in [5.74, 6) is 1.06. The highest BCUT2D eigenvalue weighted by molar-refractivity contribution is 4.83. The van der Waals surface area contributed by atoms with E-state index in [-0.39, 0.29) is 0 Å². The second kappa shape index (κ2) is 8.28. The molecule has 16 heavy (non-hydrogen) atoms. The summed E-state index contributed by atoms with van der Waals surface area (Å²) >= 11 is 0. The molecule has 1 N–H and O–H groups in total. The van der Waals surface area contributed by atoms with Gasteiger partial charge in [-0.25, -0.2) is 9.67 Å². The number of nitrogens with zero attached hydrogens (tertiary/aromatic N) is 3. The molecule has 1 heterocycles. The fourth-order valence-electron chi connectivity index (χ4n) is 1.68. The number of hydrogen-bond acceptors (Lipinski definition) is 3. The number of nitrogens with one attached hydrogen (secondary N) is 1. The van der Waals surface area contributed by atoms with Gasteiger partial charge in [-0.15, -0.1) is 0 Å². The molecular formula is C12H24N4. The van der Waals surface area contributed by atoms with E-state index in [1.165, 1.54) is 25.7 Å². The Labute approximate surface area is 98.5 Å². The van der Waals surface area contributed by atoms with Crippen molar-refractivity contribution in [3.05, 3.63) is 12.2 Å². The van der Waals surface area contributed by atoms with Gasteiger partial charge in [0.2, 0.25) is 0 Å². The van der Waals surface area contributed by atoms with Crippen molar-refractivity contribution < 1.29 is 0 Å². The Morgan fingerprint density at radius 2 is 2.06 bits per heavy atom. The zero-order chi connectivity index (χ0) is 11.6. The van der Waals surface area contributed by atoms with Crippen LogP contribution in [0.2, 0.25) is 0 Å². The first-order chi connectivity index (χ1) is 7.88. The topological polar surface area (TPSA) is 42.7 Å². The first-order valence-corrected chi connectivity index (χ1v) is 6.45. The average Bonchev–Trinajstić information content (AvgIpc) is 2.73. The number of aryl methyl sites for hydroxylation is 1. The minimum atomic E-state index is 0.835. The van der Waals surface area contributed by atoms with Gasteiger partial charge in [0.05, 0.1) is 6.54 Å². The van der Waals surface area contributed by atoms with Crippen LogP contribution in [-0.4, -0.2) is 21.3 Å². The van der Waals surface area contributed by atoms with Crippen LogP contribution in [0.1, 0.15) is 51.8 Å². The Balaban J connectivity index is 2.26. The van der Waals surface area contributed by atoms with Crippen molar-refractivity contribution in [3.63, 3.8) is 0 Å². The highest BCUT2D eigenvalue weighted by Gasteiger charge is 2.02. The van der Waals surface area contributed by atoms with Crippen LogP contribution < -0.4 is 5.32 Å². The molecule has 0 unspecified atom stereocenters. The maximum Gasteiger partial charge on any atom is 0.140 e. The van der Waals surface area contributed by atoms with E-state index >= 15 is 0 Å². The lowest BCUT2D eigenvalue weighted by Gasteiger charge is -2.06. The fraction of sp³-hybridized carbons (Fsp3) is 0.833. The van der Waals surface area contributed by atoms with Crippen molar-refractivity contribution >= 4 is 0 Å². The molecule has 0 aliphatic heterocycles. The smallest absolute Gasteiger partial charge is 0.140 e. The minimum absolute atomic E-state index is 0.835. The van der Waals surface area contributed by atoms with Gasteiger partial charge in [-0.2, -0.15) is 5.10 Å². The Kier molecular flexibility index (Phi) is 6.81. The summed E-state index contributed by atoms with van der Waals surface area (Å²) in [7, 11) is 0. The Hall–Kier alpha value is -0.900. The molecule has 1 aromatic rings. The Morgan fingerprint density at radius 1 is 1.19 bits per heavy atom. The molecular weight excluding hydrogens is 200 g/mol. The molecule has 0 aliphatic carbocycles. The van der Waals surface area contributed by atoms with Crippen molar-refractivity contribution in [1.82, 2.24) is 20.1 Å². The molecule has 4 nitrogen and oxygen atoms in total. The van der Waals surface area contributed by atoms with E-state index < -0.39 is 0 Å². The van der Waals surface area contributed by atoms with Crippen molar-refractivity contribution in [2.75, 3.05) is 6.54 Å². The van der Waals surface area contributed by atoms with Gasteiger partial charge in [0.15, 0.2) is 0 Å². The summed E-state index contributed by atoms with van der Waals surface area (Å²) in [6.45, 7) is 7.28. The van der Waals surface area contributed by atoms with Crippen molar-refractivity contribution in [3.8, 4) is 0 Å². The Morgan fingerprint density at radius 3 is 2.81 bits per heavy atom. The summed E-state index contributed by atoms with van der Waals surface area (Å²) in [6.07, 6.45) is 7.91. The molecule has 0 bridgehead atoms. The lowest BCUT2D eigenvalue weighted by Crippen LogP contribution is -2.18. The summed E-state index contributed by atoms with van der Waals surface area (Å²) in [5.41, 5.74) is 0. The predicted molar refractivity (Wildman–Crippen MR) is 66.2 cm³/mol. The molecule has 0 aromatic carbocycles. The Bertz CT molecular complexity index is 270. The molecule has 4 heteroatoms. The summed E-state index contributed by atoms with van der Waals surface area (Å²) < 4.78 is 2.03. The van der Waals surface area contributed by atoms with Gasteiger partial charge in [-0.1, -0.05) is 33.1 Å². The highest BCUT2D eigenvalue weighted by Crippen LogP contribution is 2.02. The zero-order valence-corrected chi connectivity index (χ0v) is 10.6. The van der Waals surface area contributed by atoms with Crippen LogP contribution in [0.5, 0.6) is 0 Å². The van der Waals surface area contributed by atoms with E-state index in [0.29, 0.717) is 0 Å². The van der Waals surface area contributed by atoms with E-state index in [0.717, 1.165) is 31.9 Å². The van der Waals surface area contributed by atoms with Crippen molar-refractivity contribution in [2.24, 2.45) is 0 Å². The summed E-state index contributed by atoms with van der Waals surface area (Å²) in [4.78, 5) is 4.28. The first-order valence-electron chi connectivity index (χ1n) is 6.45. The van der Waals surface area contributed by atoms with Crippen LogP contribution in [0.4, 0.5) is 0 Å². The monoisotopic (exact) mass is 224 g/mol. The van der Waals surface area contributed by atoms with Gasteiger partial charge in [0.25, 0.3) is 0 Å². The third-order valence-corrected chi connectivity index (χ3v) is 2.63. The van der Waals surface area contributed by atoms with Crippen molar-refractivity contribution in [2.45, 2.75) is 59.0 Å². The molecule has 0 spiro atoms. The lowest BCUT2D eigenvalue weighted by atomic mass is 10.2. The number of unbranched alkanes of at least 4 members (excludes halogenated alkanes) is 3. The first kappa shape index (κ1) is 13.2. The van der Waals surface area contributed by atoms with Crippen LogP contribution >= 0.6 is 0 Å². The van der Waals surface area contributed by atoms with Crippen LogP contribution in [-0.2, 0) is 13.1 Å². The van der Waals surface area contributed by atoms with Crippen LogP contribution in [0.3, 0.4) is 0 Å². The highest BCUT2D eigenvalue weighted by atomic mass is 15.3. The van der Waals surface area contributed by atoms with Gasteiger partial charge in [0.1, 0.15) is 12.2 Å². The quantitative estimate of drug-likeness (QED) is 0.655. The van der Waals surface area contributed by atoms with E-state index in [9.17, 15) is 0 Å². The SMILES string of the molecule is CCCCCCn1ncnc1CNCCC. The molecule has 0 saturated carbocycles. The van der Waals surface area contributed by atoms with Crippen molar-refractivity contribution in [1.29, 1.82) is 0 Å². The van der Waals surface area contributed by atoms with Gasteiger partial charge in [0, 0.05) is 6.54 Å². The van der Waals surface area contributed by atoms with Gasteiger partial charge < -0.3 is 5.32 Å². The second-order valence-corrected chi connectivity index (χ2v) is 4.14. The second-order valence-electron chi connectivity index (χ2n) is 4.14. The third kappa shape index (κ3) is 4.75. The molecule has 0 fully saturated rings. The molecule has 0 radical (unpaired) electrons. The molecule has 1 rings (SSSR count). The third-order valence-electron chi connectivity index (χ3n) is 2.63. The lowest BCUT2D eigenvalue weighted by molar-refractivity contribution is 0.507. The van der Waals surface area contributed by atoms with Crippen LogP contribution in [0.15, 0.2) is 6.33 Å². The van der Waals surface area contributed by atoms with E-state index in [4.69, 9.17) is 0 Å².